The third-order valence-electron chi connectivity index (χ3n) is 4.72. The summed E-state index contributed by atoms with van der Waals surface area (Å²) in [5.41, 5.74) is 1.96. The van der Waals surface area contributed by atoms with Crippen molar-refractivity contribution in [1.82, 2.24) is 9.80 Å². The zero-order valence-electron chi connectivity index (χ0n) is 14.7. The van der Waals surface area contributed by atoms with Crippen molar-refractivity contribution in [3.8, 4) is 0 Å². The van der Waals surface area contributed by atoms with E-state index >= 15 is 0 Å². The van der Waals surface area contributed by atoms with E-state index in [0.29, 0.717) is 45.4 Å². The van der Waals surface area contributed by atoms with Crippen LogP contribution >= 0.6 is 0 Å². The Morgan fingerprint density at radius 3 is 1.96 bits per heavy atom. The number of amides is 2. The second-order valence-corrected chi connectivity index (χ2v) is 6.55. The van der Waals surface area contributed by atoms with E-state index < -0.39 is 0 Å². The Hall–Kier alpha value is -2.69. The molecule has 5 heteroatoms. The Labute approximate surface area is 153 Å². The van der Waals surface area contributed by atoms with Crippen LogP contribution in [0.15, 0.2) is 54.6 Å². The van der Waals surface area contributed by atoms with Gasteiger partial charge in [0.15, 0.2) is 0 Å². The average Bonchev–Trinajstić information content (AvgIpc) is 2.68. The van der Waals surface area contributed by atoms with Gasteiger partial charge in [-0.15, -0.1) is 0 Å². The van der Waals surface area contributed by atoms with Crippen molar-refractivity contribution in [1.29, 1.82) is 0 Å². The third kappa shape index (κ3) is 4.91. The molecule has 0 radical (unpaired) electrons. The summed E-state index contributed by atoms with van der Waals surface area (Å²) in [6.45, 7) is 2.30. The maximum atomic E-state index is 12.9. The van der Waals surface area contributed by atoms with Gasteiger partial charge in [0.25, 0.3) is 0 Å². The fourth-order valence-corrected chi connectivity index (χ4v) is 3.15. The minimum atomic E-state index is -0.267. The zero-order chi connectivity index (χ0) is 18.4. The van der Waals surface area contributed by atoms with Crippen LogP contribution in [0.5, 0.6) is 0 Å². The molecule has 1 aliphatic heterocycles. The number of hydrogen-bond acceptors (Lipinski definition) is 2. The highest BCUT2D eigenvalue weighted by atomic mass is 19.1. The van der Waals surface area contributed by atoms with Crippen molar-refractivity contribution in [3.05, 3.63) is 71.5 Å². The third-order valence-corrected chi connectivity index (χ3v) is 4.72. The van der Waals surface area contributed by atoms with Crippen molar-refractivity contribution in [2.45, 2.75) is 19.3 Å². The zero-order valence-corrected chi connectivity index (χ0v) is 14.7. The average molecular weight is 354 g/mol. The molecule has 4 nitrogen and oxygen atoms in total. The number of nitrogens with zero attached hydrogens (tertiary/aromatic N) is 2. The molecule has 1 saturated heterocycles. The summed E-state index contributed by atoms with van der Waals surface area (Å²) >= 11 is 0. The van der Waals surface area contributed by atoms with Crippen LogP contribution in [-0.2, 0) is 22.4 Å². The summed E-state index contributed by atoms with van der Waals surface area (Å²) in [6, 6.07) is 15.9. The van der Waals surface area contributed by atoms with E-state index in [2.05, 4.69) is 0 Å². The number of carbonyl (C=O) groups excluding carboxylic acids is 2. The van der Waals surface area contributed by atoms with Crippen molar-refractivity contribution in [2.75, 3.05) is 26.2 Å². The summed E-state index contributed by atoms with van der Waals surface area (Å²) in [6.07, 6.45) is 1.41. The van der Waals surface area contributed by atoms with E-state index in [1.807, 2.05) is 40.1 Å². The van der Waals surface area contributed by atoms with Gasteiger partial charge in [-0.25, -0.2) is 4.39 Å². The van der Waals surface area contributed by atoms with E-state index in [1.54, 1.807) is 12.1 Å². The summed E-state index contributed by atoms with van der Waals surface area (Å²) < 4.78 is 12.9. The van der Waals surface area contributed by atoms with E-state index in [-0.39, 0.29) is 17.6 Å². The Morgan fingerprint density at radius 2 is 1.35 bits per heavy atom. The topological polar surface area (TPSA) is 40.6 Å². The fraction of sp³-hybridized carbons (Fsp3) is 0.333. The number of aryl methyl sites for hydroxylation is 1. The van der Waals surface area contributed by atoms with Gasteiger partial charge in [-0.1, -0.05) is 42.5 Å². The second kappa shape index (κ2) is 8.61. The van der Waals surface area contributed by atoms with Crippen LogP contribution < -0.4 is 0 Å². The van der Waals surface area contributed by atoms with Gasteiger partial charge in [0.1, 0.15) is 5.82 Å². The lowest BCUT2D eigenvalue weighted by Gasteiger charge is -2.35. The largest absolute Gasteiger partial charge is 0.339 e. The smallest absolute Gasteiger partial charge is 0.227 e. The number of halogens is 1. The van der Waals surface area contributed by atoms with Crippen molar-refractivity contribution in [2.24, 2.45) is 0 Å². The van der Waals surface area contributed by atoms with Gasteiger partial charge in [-0.05, 0) is 29.7 Å². The molecule has 26 heavy (non-hydrogen) atoms. The first-order chi connectivity index (χ1) is 12.6. The number of rotatable bonds is 5. The summed E-state index contributed by atoms with van der Waals surface area (Å²) in [5, 5.41) is 0. The minimum Gasteiger partial charge on any atom is -0.339 e. The normalized spacial score (nSPS) is 14.3. The molecule has 2 aromatic rings. The molecule has 0 spiro atoms. The molecule has 0 N–H and O–H groups in total. The molecule has 0 saturated carbocycles. The van der Waals surface area contributed by atoms with Crippen LogP contribution in [0.3, 0.4) is 0 Å². The van der Waals surface area contributed by atoms with Crippen LogP contribution in [0.2, 0.25) is 0 Å². The van der Waals surface area contributed by atoms with Crippen LogP contribution in [0, 0.1) is 5.82 Å². The minimum absolute atomic E-state index is 0.0875. The second-order valence-electron chi connectivity index (χ2n) is 6.55. The quantitative estimate of drug-likeness (QED) is 0.828. The Kier molecular flexibility index (Phi) is 6.00. The van der Waals surface area contributed by atoms with Crippen molar-refractivity contribution in [3.63, 3.8) is 0 Å². The Balaban J connectivity index is 1.43. The molecule has 2 aromatic carbocycles. The van der Waals surface area contributed by atoms with Gasteiger partial charge in [0, 0.05) is 32.6 Å². The molecule has 0 bridgehead atoms. The van der Waals surface area contributed by atoms with E-state index in [9.17, 15) is 14.0 Å². The fourth-order valence-electron chi connectivity index (χ4n) is 3.15. The number of piperazine rings is 1. The van der Waals surface area contributed by atoms with Gasteiger partial charge in [0.2, 0.25) is 11.8 Å². The molecule has 0 atom stereocenters. The molecule has 1 aliphatic rings. The summed E-state index contributed by atoms with van der Waals surface area (Å²) in [5.74, 6) is -0.0736. The van der Waals surface area contributed by atoms with Gasteiger partial charge in [-0.3, -0.25) is 9.59 Å². The molecular weight excluding hydrogens is 331 g/mol. The predicted octanol–water partition coefficient (Wildman–Crippen LogP) is 2.67. The molecule has 0 unspecified atom stereocenters. The van der Waals surface area contributed by atoms with Crippen molar-refractivity contribution >= 4 is 11.8 Å². The highest BCUT2D eigenvalue weighted by molar-refractivity contribution is 5.80. The van der Waals surface area contributed by atoms with Crippen molar-refractivity contribution < 1.29 is 14.0 Å². The van der Waals surface area contributed by atoms with Crippen LogP contribution in [0.4, 0.5) is 4.39 Å². The first-order valence-corrected chi connectivity index (χ1v) is 8.96. The van der Waals surface area contributed by atoms with Crippen LogP contribution in [0.25, 0.3) is 0 Å². The molecular formula is C21H23FN2O2. The lowest BCUT2D eigenvalue weighted by atomic mass is 10.1. The maximum Gasteiger partial charge on any atom is 0.227 e. The standard InChI is InChI=1S/C21H23FN2O2/c22-19-9-6-17(7-10-19)8-11-20(25)23-12-14-24(15-13-23)21(26)16-18-4-2-1-3-5-18/h1-7,9-10H,8,11-16H2. The summed E-state index contributed by atoms with van der Waals surface area (Å²) in [7, 11) is 0. The lowest BCUT2D eigenvalue weighted by molar-refractivity contribution is -0.139. The molecule has 136 valence electrons. The SMILES string of the molecule is O=C(CCc1ccc(F)cc1)N1CCN(C(=O)Cc2ccccc2)CC1. The molecule has 3 rings (SSSR count). The Morgan fingerprint density at radius 1 is 0.769 bits per heavy atom. The number of carbonyl (C=O) groups is 2. The molecule has 1 heterocycles. The van der Waals surface area contributed by atoms with Crippen LogP contribution in [-0.4, -0.2) is 47.8 Å². The molecule has 1 fully saturated rings. The predicted molar refractivity (Wildman–Crippen MR) is 98.0 cm³/mol. The Bertz CT molecular complexity index is 738. The highest BCUT2D eigenvalue weighted by Gasteiger charge is 2.23. The molecule has 2 amide bonds. The first kappa shape index (κ1) is 18.1. The lowest BCUT2D eigenvalue weighted by Crippen LogP contribution is -2.51. The van der Waals surface area contributed by atoms with Gasteiger partial charge < -0.3 is 9.80 Å². The van der Waals surface area contributed by atoms with Gasteiger partial charge >= 0.3 is 0 Å². The van der Waals surface area contributed by atoms with Gasteiger partial charge in [-0.2, -0.15) is 0 Å². The number of hydrogen-bond donors (Lipinski definition) is 0. The number of benzene rings is 2. The first-order valence-electron chi connectivity index (χ1n) is 8.96. The summed E-state index contributed by atoms with van der Waals surface area (Å²) in [4.78, 5) is 28.4. The molecule has 0 aromatic heterocycles. The monoisotopic (exact) mass is 354 g/mol. The van der Waals surface area contributed by atoms with E-state index in [4.69, 9.17) is 0 Å². The maximum absolute atomic E-state index is 12.9. The van der Waals surface area contributed by atoms with E-state index in [0.717, 1.165) is 11.1 Å². The van der Waals surface area contributed by atoms with Gasteiger partial charge in [0.05, 0.1) is 6.42 Å². The van der Waals surface area contributed by atoms with E-state index in [1.165, 1.54) is 12.1 Å². The molecule has 0 aliphatic carbocycles. The highest BCUT2D eigenvalue weighted by Crippen LogP contribution is 2.10. The van der Waals surface area contributed by atoms with Crippen LogP contribution in [0.1, 0.15) is 17.5 Å².